The van der Waals surface area contributed by atoms with Gasteiger partial charge in [0.25, 0.3) is 0 Å². The first-order valence-corrected chi connectivity index (χ1v) is 4.25. The molecule has 1 aromatic carbocycles. The number of rotatable bonds is 2. The summed E-state index contributed by atoms with van der Waals surface area (Å²) in [4.78, 5) is 0. The zero-order chi connectivity index (χ0) is 8.93. The Labute approximate surface area is 77.5 Å². The highest BCUT2D eigenvalue weighted by atomic mass is 16.5. The van der Waals surface area contributed by atoms with E-state index in [4.69, 9.17) is 4.74 Å². The van der Waals surface area contributed by atoms with E-state index in [-0.39, 0.29) is 0 Å². The van der Waals surface area contributed by atoms with Crippen LogP contribution in [0.25, 0.3) is 0 Å². The summed E-state index contributed by atoms with van der Waals surface area (Å²) in [6.45, 7) is 0. The van der Waals surface area contributed by atoms with Crippen LogP contribution < -0.4 is 5.32 Å². The normalized spacial score (nSPS) is 14.3. The Bertz CT molecular complexity index is 327. The lowest BCUT2D eigenvalue weighted by Crippen LogP contribution is -2.10. The average Bonchev–Trinajstić information content (AvgIpc) is 2.21. The van der Waals surface area contributed by atoms with Crippen LogP contribution in [0.5, 0.6) is 0 Å². The molecule has 0 amide bonds. The molecule has 0 aliphatic carbocycles. The minimum Gasteiger partial charge on any atom is -0.469 e. The summed E-state index contributed by atoms with van der Waals surface area (Å²) < 4.78 is 5.05. The van der Waals surface area contributed by atoms with E-state index in [9.17, 15) is 0 Å². The molecule has 1 N–H and O–H groups in total. The van der Waals surface area contributed by atoms with Gasteiger partial charge in [0.15, 0.2) is 0 Å². The summed E-state index contributed by atoms with van der Waals surface area (Å²) in [6, 6.07) is 10.3. The lowest BCUT2D eigenvalue weighted by molar-refractivity contribution is 0.381. The SMILES string of the molecule is C1=COC=C(Cc2ccccc2)N1. The highest BCUT2D eigenvalue weighted by Gasteiger charge is 1.99. The average molecular weight is 173 g/mol. The first-order chi connectivity index (χ1) is 6.45. The number of benzene rings is 1. The van der Waals surface area contributed by atoms with E-state index in [2.05, 4.69) is 17.4 Å². The van der Waals surface area contributed by atoms with E-state index in [0.717, 1.165) is 12.1 Å². The van der Waals surface area contributed by atoms with Crippen LogP contribution in [0.1, 0.15) is 5.56 Å². The molecule has 66 valence electrons. The molecule has 2 rings (SSSR count). The molecule has 1 aromatic rings. The standard InChI is InChI=1S/C11H11NO/c1-2-4-10(5-3-1)8-11-9-13-7-6-12-11/h1-7,9,12H,8H2. The monoisotopic (exact) mass is 173 g/mol. The first kappa shape index (κ1) is 7.92. The summed E-state index contributed by atoms with van der Waals surface area (Å²) in [5.74, 6) is 0. The predicted molar refractivity (Wildman–Crippen MR) is 51.6 cm³/mol. The van der Waals surface area contributed by atoms with Crippen molar-refractivity contribution in [2.45, 2.75) is 6.42 Å². The smallest absolute Gasteiger partial charge is 0.110 e. The molecular formula is C11H11NO. The van der Waals surface area contributed by atoms with E-state index in [1.165, 1.54) is 5.56 Å². The van der Waals surface area contributed by atoms with Gasteiger partial charge >= 0.3 is 0 Å². The fourth-order valence-corrected chi connectivity index (χ4v) is 1.24. The van der Waals surface area contributed by atoms with Crippen molar-refractivity contribution in [2.75, 3.05) is 0 Å². The van der Waals surface area contributed by atoms with Gasteiger partial charge in [-0.15, -0.1) is 0 Å². The second kappa shape index (κ2) is 3.81. The van der Waals surface area contributed by atoms with Crippen LogP contribution in [-0.2, 0) is 11.2 Å². The van der Waals surface area contributed by atoms with Crippen LogP contribution in [0.15, 0.2) is 54.8 Å². The Morgan fingerprint density at radius 3 is 2.69 bits per heavy atom. The zero-order valence-corrected chi connectivity index (χ0v) is 7.23. The maximum atomic E-state index is 5.05. The maximum Gasteiger partial charge on any atom is 0.110 e. The van der Waals surface area contributed by atoms with E-state index in [1.807, 2.05) is 18.2 Å². The van der Waals surface area contributed by atoms with E-state index in [0.29, 0.717) is 0 Å². The molecule has 0 saturated carbocycles. The Balaban J connectivity index is 2.02. The molecule has 0 spiro atoms. The Kier molecular flexibility index (Phi) is 2.32. The van der Waals surface area contributed by atoms with Crippen LogP contribution in [0.4, 0.5) is 0 Å². The van der Waals surface area contributed by atoms with Crippen LogP contribution in [0, 0.1) is 0 Å². The fourth-order valence-electron chi connectivity index (χ4n) is 1.24. The van der Waals surface area contributed by atoms with Crippen LogP contribution in [0.3, 0.4) is 0 Å². The van der Waals surface area contributed by atoms with Gasteiger partial charge in [-0.25, -0.2) is 0 Å². The Morgan fingerprint density at radius 1 is 1.15 bits per heavy atom. The molecule has 0 radical (unpaired) electrons. The molecule has 0 aromatic heterocycles. The predicted octanol–water partition coefficient (Wildman–Crippen LogP) is 2.16. The molecule has 0 unspecified atom stereocenters. The van der Waals surface area contributed by atoms with Crippen molar-refractivity contribution in [3.63, 3.8) is 0 Å². The Hall–Kier alpha value is -1.70. The minimum absolute atomic E-state index is 0.880. The summed E-state index contributed by atoms with van der Waals surface area (Å²) >= 11 is 0. The van der Waals surface area contributed by atoms with Gasteiger partial charge in [0.05, 0.1) is 5.70 Å². The lowest BCUT2D eigenvalue weighted by Gasteiger charge is -2.10. The molecule has 1 aliphatic rings. The molecule has 1 aliphatic heterocycles. The van der Waals surface area contributed by atoms with Crippen molar-refractivity contribution in [1.82, 2.24) is 5.32 Å². The van der Waals surface area contributed by atoms with Gasteiger partial charge in [0.2, 0.25) is 0 Å². The van der Waals surface area contributed by atoms with Gasteiger partial charge in [-0.1, -0.05) is 30.3 Å². The van der Waals surface area contributed by atoms with Gasteiger partial charge in [-0.2, -0.15) is 0 Å². The second-order valence-electron chi connectivity index (χ2n) is 2.89. The zero-order valence-electron chi connectivity index (χ0n) is 7.23. The van der Waals surface area contributed by atoms with Gasteiger partial charge in [-0.05, 0) is 5.56 Å². The molecule has 0 fully saturated rings. The molecule has 1 heterocycles. The third-order valence-corrected chi connectivity index (χ3v) is 1.86. The largest absolute Gasteiger partial charge is 0.469 e. The van der Waals surface area contributed by atoms with Gasteiger partial charge in [-0.3, -0.25) is 0 Å². The molecule has 2 heteroatoms. The van der Waals surface area contributed by atoms with Crippen molar-refractivity contribution in [2.24, 2.45) is 0 Å². The quantitative estimate of drug-likeness (QED) is 0.740. The molecule has 0 saturated heterocycles. The molecule has 2 nitrogen and oxygen atoms in total. The summed E-state index contributed by atoms with van der Waals surface area (Å²) in [5.41, 5.74) is 2.36. The molecular weight excluding hydrogens is 162 g/mol. The van der Waals surface area contributed by atoms with Crippen LogP contribution in [0.2, 0.25) is 0 Å². The van der Waals surface area contributed by atoms with Crippen LogP contribution >= 0.6 is 0 Å². The Morgan fingerprint density at radius 2 is 2.00 bits per heavy atom. The number of ether oxygens (including phenoxy) is 1. The highest BCUT2D eigenvalue weighted by molar-refractivity contribution is 5.21. The van der Waals surface area contributed by atoms with Crippen molar-refractivity contribution in [1.29, 1.82) is 0 Å². The number of allylic oxidation sites excluding steroid dienone is 1. The third-order valence-electron chi connectivity index (χ3n) is 1.86. The van der Waals surface area contributed by atoms with E-state index in [1.54, 1.807) is 18.7 Å². The second-order valence-corrected chi connectivity index (χ2v) is 2.89. The van der Waals surface area contributed by atoms with Crippen molar-refractivity contribution < 1.29 is 4.74 Å². The van der Waals surface area contributed by atoms with Crippen LogP contribution in [-0.4, -0.2) is 0 Å². The number of nitrogens with one attached hydrogen (secondary N) is 1. The van der Waals surface area contributed by atoms with Gasteiger partial charge in [0.1, 0.15) is 12.5 Å². The van der Waals surface area contributed by atoms with Crippen molar-refractivity contribution in [3.8, 4) is 0 Å². The van der Waals surface area contributed by atoms with E-state index >= 15 is 0 Å². The molecule has 13 heavy (non-hydrogen) atoms. The molecule has 0 atom stereocenters. The van der Waals surface area contributed by atoms with Crippen molar-refractivity contribution >= 4 is 0 Å². The lowest BCUT2D eigenvalue weighted by atomic mass is 10.1. The number of hydrogen-bond acceptors (Lipinski definition) is 2. The third kappa shape index (κ3) is 2.12. The maximum absolute atomic E-state index is 5.05. The summed E-state index contributed by atoms with van der Waals surface area (Å²) in [7, 11) is 0. The fraction of sp³-hybridized carbons (Fsp3) is 0.0909. The summed E-state index contributed by atoms with van der Waals surface area (Å²) in [5, 5.41) is 3.12. The highest BCUT2D eigenvalue weighted by Crippen LogP contribution is 2.07. The topological polar surface area (TPSA) is 21.3 Å². The summed E-state index contributed by atoms with van der Waals surface area (Å²) in [6.07, 6.45) is 6.02. The van der Waals surface area contributed by atoms with E-state index < -0.39 is 0 Å². The molecule has 0 bridgehead atoms. The number of hydrogen-bond donors (Lipinski definition) is 1. The first-order valence-electron chi connectivity index (χ1n) is 4.25. The van der Waals surface area contributed by atoms with Gasteiger partial charge < -0.3 is 10.1 Å². The van der Waals surface area contributed by atoms with Gasteiger partial charge in [0, 0.05) is 12.6 Å². The van der Waals surface area contributed by atoms with Crippen molar-refractivity contribution in [3.05, 3.63) is 60.3 Å². The minimum atomic E-state index is 0.880.